The first-order valence-electron chi connectivity index (χ1n) is 14.9. The highest BCUT2D eigenvalue weighted by Gasteiger charge is 2.51. The van der Waals surface area contributed by atoms with Crippen molar-refractivity contribution in [3.05, 3.63) is 63.1 Å². The highest BCUT2D eigenvalue weighted by atomic mass is 79.9. The van der Waals surface area contributed by atoms with Gasteiger partial charge in [0.05, 0.1) is 11.2 Å². The highest BCUT2D eigenvalue weighted by molar-refractivity contribution is 9.11. The van der Waals surface area contributed by atoms with Crippen molar-refractivity contribution >= 4 is 40.4 Å². The Morgan fingerprint density at radius 1 is 0.884 bits per heavy atom. The lowest BCUT2D eigenvalue weighted by Gasteiger charge is -2.32. The summed E-state index contributed by atoms with van der Waals surface area (Å²) in [4.78, 5) is 8.94. The molecule has 1 saturated heterocycles. The quantitative estimate of drug-likeness (QED) is 0.242. The zero-order valence-electron chi connectivity index (χ0n) is 24.7. The minimum Gasteiger partial charge on any atom is -0.399 e. The van der Waals surface area contributed by atoms with Crippen LogP contribution in [0.5, 0.6) is 0 Å². The maximum absolute atomic E-state index is 15.3. The van der Waals surface area contributed by atoms with Crippen LogP contribution in [0.3, 0.4) is 0 Å². The van der Waals surface area contributed by atoms with E-state index >= 15 is 4.39 Å². The van der Waals surface area contributed by atoms with Crippen molar-refractivity contribution in [1.82, 2.24) is 20.3 Å². The van der Waals surface area contributed by atoms with E-state index in [-0.39, 0.29) is 18.3 Å². The van der Waals surface area contributed by atoms with Crippen LogP contribution in [0.2, 0.25) is 0 Å². The summed E-state index contributed by atoms with van der Waals surface area (Å²) >= 11 is 3.64. The van der Waals surface area contributed by atoms with Crippen LogP contribution in [0, 0.1) is 5.92 Å². The van der Waals surface area contributed by atoms with Gasteiger partial charge in [-0.1, -0.05) is 34.1 Å². The van der Waals surface area contributed by atoms with Gasteiger partial charge in [-0.25, -0.2) is 4.39 Å². The van der Waals surface area contributed by atoms with Gasteiger partial charge in [0.2, 0.25) is 11.8 Å². The fraction of sp³-hybridized carbons (Fsp3) is 0.533. The van der Waals surface area contributed by atoms with Crippen molar-refractivity contribution in [3.8, 4) is 0 Å². The fourth-order valence-corrected chi connectivity index (χ4v) is 6.02. The van der Waals surface area contributed by atoms with Crippen LogP contribution in [0.15, 0.2) is 49.2 Å². The fourth-order valence-electron chi connectivity index (χ4n) is 5.38. The number of nitrogens with one attached hydrogen (secondary N) is 2. The molecule has 0 amide bonds. The lowest BCUT2D eigenvalue weighted by Crippen LogP contribution is -2.41. The zero-order chi connectivity index (χ0) is 29.9. The number of benzene rings is 1. The van der Waals surface area contributed by atoms with Gasteiger partial charge >= 0.3 is 7.12 Å². The Kier molecular flexibility index (Phi) is 7.25. The summed E-state index contributed by atoms with van der Waals surface area (Å²) in [6.45, 7) is 8.89. The van der Waals surface area contributed by atoms with Crippen molar-refractivity contribution in [2.75, 3.05) is 17.2 Å². The molecular weight excluding hydrogens is 618 g/mol. The van der Waals surface area contributed by atoms with E-state index in [4.69, 9.17) is 18.4 Å². The molecule has 3 fully saturated rings. The van der Waals surface area contributed by atoms with E-state index < -0.39 is 18.3 Å². The van der Waals surface area contributed by atoms with Crippen LogP contribution < -0.4 is 16.1 Å². The summed E-state index contributed by atoms with van der Waals surface area (Å²) in [5.74, 6) is 2.41. The average Bonchev–Trinajstić information content (AvgIpc) is 3.86. The number of allylic oxidation sites excluding steroid dienone is 3. The van der Waals surface area contributed by atoms with Gasteiger partial charge in [-0.15, -0.1) is 0 Å². The number of rotatable bonds is 11. The van der Waals surface area contributed by atoms with Crippen LogP contribution >= 0.6 is 15.9 Å². The second kappa shape index (κ2) is 10.8. The molecule has 0 bridgehead atoms. The third-order valence-corrected chi connectivity index (χ3v) is 9.90. The van der Waals surface area contributed by atoms with Gasteiger partial charge in [0.1, 0.15) is 5.83 Å². The van der Waals surface area contributed by atoms with Crippen LogP contribution in [-0.4, -0.2) is 45.1 Å². The molecule has 3 aliphatic carbocycles. The summed E-state index contributed by atoms with van der Waals surface area (Å²) in [6, 6.07) is 6.20. The molecule has 4 aliphatic rings. The Bertz CT molecular complexity index is 1580. The number of nitrogens with zero attached hydrogens (tertiary/aromatic N) is 4. The average molecular weight is 653 g/mol. The minimum atomic E-state index is -0.515. The third kappa shape index (κ3) is 5.91. The van der Waals surface area contributed by atoms with Crippen LogP contribution in [0.25, 0.3) is 0 Å². The molecule has 2 N–H and O–H groups in total. The van der Waals surface area contributed by atoms with E-state index in [0.29, 0.717) is 54.1 Å². The third-order valence-electron chi connectivity index (χ3n) is 9.12. The number of aromatic nitrogens is 4. The smallest absolute Gasteiger partial charge is 0.399 e. The van der Waals surface area contributed by atoms with Crippen LogP contribution in [-0.2, 0) is 22.3 Å². The molecule has 1 atom stereocenters. The normalized spacial score (nSPS) is 22.8. The molecule has 10 nitrogen and oxygen atoms in total. The second-order valence-electron chi connectivity index (χ2n) is 12.9. The van der Waals surface area contributed by atoms with Crippen molar-refractivity contribution in [3.63, 3.8) is 0 Å². The van der Waals surface area contributed by atoms with Crippen LogP contribution in [0.4, 0.5) is 16.3 Å². The zero-order valence-corrected chi connectivity index (χ0v) is 26.3. The molecule has 1 unspecified atom stereocenters. The Morgan fingerprint density at radius 2 is 1.47 bits per heavy atom. The molecule has 1 aromatic carbocycles. The summed E-state index contributed by atoms with van der Waals surface area (Å²) in [5, 5.41) is 14.6. The molecule has 13 heteroatoms. The molecule has 7 rings (SSSR count). The predicted octanol–water partition coefficient (Wildman–Crippen LogP) is 5.91. The maximum Gasteiger partial charge on any atom is 0.494 e. The van der Waals surface area contributed by atoms with Gasteiger partial charge in [0.15, 0.2) is 0 Å². The number of hydrogen-bond acceptors (Lipinski definition) is 10. The molecule has 1 aliphatic heterocycles. The van der Waals surface area contributed by atoms with Gasteiger partial charge in [-0.3, -0.25) is 0 Å². The van der Waals surface area contributed by atoms with E-state index in [9.17, 15) is 0 Å². The van der Waals surface area contributed by atoms with E-state index in [1.165, 1.54) is 0 Å². The monoisotopic (exact) mass is 652 g/mol. The van der Waals surface area contributed by atoms with Crippen molar-refractivity contribution in [2.24, 2.45) is 5.92 Å². The van der Waals surface area contributed by atoms with Crippen LogP contribution in [0.1, 0.15) is 88.1 Å². The number of hydrogen-bond donors (Lipinski definition) is 2. The summed E-state index contributed by atoms with van der Waals surface area (Å²) in [6.07, 6.45) is 6.40. The molecule has 2 saturated carbocycles. The van der Waals surface area contributed by atoms with Crippen molar-refractivity contribution in [1.29, 1.82) is 0 Å². The Balaban J connectivity index is 1.12. The van der Waals surface area contributed by atoms with Gasteiger partial charge in [-0.05, 0) is 98.4 Å². The molecule has 2 aromatic heterocycles. The van der Waals surface area contributed by atoms with Gasteiger partial charge in [0.25, 0.3) is 11.9 Å². The van der Waals surface area contributed by atoms with E-state index in [2.05, 4.69) is 59.0 Å². The first kappa shape index (κ1) is 28.7. The van der Waals surface area contributed by atoms with E-state index in [1.807, 2.05) is 33.8 Å². The summed E-state index contributed by atoms with van der Waals surface area (Å²) in [5.41, 5.74) is 2.67. The van der Waals surface area contributed by atoms with Crippen molar-refractivity contribution in [2.45, 2.75) is 89.4 Å². The Labute approximate surface area is 258 Å². The largest absolute Gasteiger partial charge is 0.494 e. The first-order valence-corrected chi connectivity index (χ1v) is 15.7. The number of halogens is 2. The van der Waals surface area contributed by atoms with E-state index in [1.54, 1.807) is 6.08 Å². The van der Waals surface area contributed by atoms with Gasteiger partial charge in [-0.2, -0.15) is 9.97 Å². The molecule has 0 spiro atoms. The predicted molar refractivity (Wildman–Crippen MR) is 163 cm³/mol. The highest BCUT2D eigenvalue weighted by Crippen LogP contribution is 2.42. The molecule has 3 heterocycles. The molecule has 0 radical (unpaired) electrons. The topological polar surface area (TPSA) is 120 Å². The lowest BCUT2D eigenvalue weighted by molar-refractivity contribution is 0.00578. The molecule has 3 aromatic rings. The lowest BCUT2D eigenvalue weighted by atomic mass is 9.76. The van der Waals surface area contributed by atoms with Crippen molar-refractivity contribution < 1.29 is 22.7 Å². The Hall–Kier alpha value is -3.03. The summed E-state index contributed by atoms with van der Waals surface area (Å²) < 4.78 is 39.5. The second-order valence-corrected chi connectivity index (χ2v) is 13.9. The Morgan fingerprint density at radius 3 is 2.05 bits per heavy atom. The maximum atomic E-state index is 15.3. The first-order chi connectivity index (χ1) is 20.6. The van der Waals surface area contributed by atoms with E-state index in [0.717, 1.165) is 46.8 Å². The minimum absolute atomic E-state index is 0.221. The molecular formula is C30H35BBrFN6O4. The summed E-state index contributed by atoms with van der Waals surface area (Å²) in [7, 11) is -0.515. The molecule has 226 valence electrons. The molecule has 43 heavy (non-hydrogen) atoms. The van der Waals surface area contributed by atoms with Gasteiger partial charge < -0.3 is 29.0 Å². The van der Waals surface area contributed by atoms with Gasteiger partial charge in [0, 0.05) is 35.3 Å². The SMILES string of the molecule is CC1(C)OB(c2ccc(CNc3noc(C4CC4)n3)c(CC3C(Br)=CC(F)=C3CNc3noc(C4CC4)n3)c2)OC1(C)C. The number of anilines is 2. The standard InChI is InChI=1S/C30H35BBrFN6O4/c1-29(2)30(3,4)43-31(42-29)20-10-9-18(14-34-27-36-25(40-38-27)16-5-6-16)19(11-20)12-21-22(24(33)13-23(21)32)15-35-28-37-26(41-39-28)17-7-8-17/h9-11,13,16-17,21H,5-8,12,14-15H2,1-4H3,(H,34,38)(H,35,39).